The van der Waals surface area contributed by atoms with E-state index >= 15 is 0 Å². The van der Waals surface area contributed by atoms with E-state index in [2.05, 4.69) is 20.3 Å². The number of likely N-dealkylation sites (tertiary alicyclic amines) is 1. The molecule has 3 N–H and O–H groups in total. The van der Waals surface area contributed by atoms with Crippen molar-refractivity contribution in [2.75, 3.05) is 31.5 Å². The highest BCUT2D eigenvalue weighted by atomic mass is 32.2. The van der Waals surface area contributed by atoms with Gasteiger partial charge in [-0.2, -0.15) is 0 Å². The predicted octanol–water partition coefficient (Wildman–Crippen LogP) is 2.51. The fourth-order valence-electron chi connectivity index (χ4n) is 4.25. The van der Waals surface area contributed by atoms with Gasteiger partial charge in [-0.1, -0.05) is 30.3 Å². The molecule has 1 aliphatic rings. The number of benzene rings is 2. The molecule has 2 amide bonds. The van der Waals surface area contributed by atoms with Crippen molar-refractivity contribution >= 4 is 38.3 Å². The van der Waals surface area contributed by atoms with Gasteiger partial charge < -0.3 is 15.5 Å². The first-order valence-electron chi connectivity index (χ1n) is 12.1. The number of carbonyl (C=O) groups is 2. The van der Waals surface area contributed by atoms with E-state index in [1.807, 2.05) is 36.4 Å². The molecular formula is C26H31N5O4S. The molecule has 1 saturated heterocycles. The van der Waals surface area contributed by atoms with Crippen LogP contribution in [0.3, 0.4) is 0 Å². The zero-order valence-corrected chi connectivity index (χ0v) is 20.8. The van der Waals surface area contributed by atoms with Crippen LogP contribution in [0.5, 0.6) is 0 Å². The first-order valence-corrected chi connectivity index (χ1v) is 13.6. The summed E-state index contributed by atoms with van der Waals surface area (Å²) in [7, 11) is -3.90. The van der Waals surface area contributed by atoms with E-state index in [1.165, 1.54) is 6.07 Å². The van der Waals surface area contributed by atoms with E-state index in [4.69, 9.17) is 0 Å². The molecule has 0 saturated carbocycles. The molecule has 0 radical (unpaired) electrons. The average Bonchev–Trinajstić information content (AvgIpc) is 2.92. The van der Waals surface area contributed by atoms with E-state index in [0.29, 0.717) is 26.1 Å². The lowest BCUT2D eigenvalue weighted by Gasteiger charge is -2.31. The Hall–Kier alpha value is -3.50. The third-order valence-corrected chi connectivity index (χ3v) is 7.60. The molecular weight excluding hydrogens is 478 g/mol. The quantitative estimate of drug-likeness (QED) is 0.386. The molecule has 1 aliphatic heterocycles. The number of piperidine rings is 1. The van der Waals surface area contributed by atoms with Gasteiger partial charge in [-0.05, 0) is 60.7 Å². The number of amides is 2. The third kappa shape index (κ3) is 6.79. The molecule has 2 heterocycles. The van der Waals surface area contributed by atoms with Crippen LogP contribution < -0.4 is 15.4 Å². The molecule has 10 heteroatoms. The Labute approximate surface area is 211 Å². The van der Waals surface area contributed by atoms with Crippen molar-refractivity contribution in [3.63, 3.8) is 0 Å². The Morgan fingerprint density at radius 3 is 2.42 bits per heavy atom. The largest absolute Gasteiger partial charge is 0.385 e. The number of nitrogens with one attached hydrogen (secondary N) is 3. The smallest absolute Gasteiger partial charge is 0.245 e. The molecule has 1 fully saturated rings. The van der Waals surface area contributed by atoms with Crippen LogP contribution in [0.25, 0.3) is 10.8 Å². The summed E-state index contributed by atoms with van der Waals surface area (Å²) in [5, 5.41) is 7.68. The van der Waals surface area contributed by atoms with Crippen molar-refractivity contribution in [1.82, 2.24) is 19.9 Å². The molecule has 3 aromatic rings. The maximum Gasteiger partial charge on any atom is 0.245 e. The molecule has 0 spiro atoms. The Balaban J connectivity index is 1.37. The van der Waals surface area contributed by atoms with E-state index in [-0.39, 0.29) is 10.8 Å². The molecule has 9 nitrogen and oxygen atoms in total. The maximum absolute atomic E-state index is 13.2. The second kappa shape index (κ2) is 12.0. The number of hydrogen-bond acceptors (Lipinski definition) is 6. The SMILES string of the molecule is O=C(CNS(=O)(=O)c1ccc2ccccc2c1)N[C@@H](CCNc1ccncc1)C(=O)N1CCCCC1. The van der Waals surface area contributed by atoms with E-state index in [9.17, 15) is 18.0 Å². The number of carbonyl (C=O) groups excluding carboxylic acids is 2. The minimum Gasteiger partial charge on any atom is -0.385 e. The van der Waals surface area contributed by atoms with Crippen LogP contribution in [-0.4, -0.2) is 62.3 Å². The van der Waals surface area contributed by atoms with Gasteiger partial charge in [0.2, 0.25) is 21.8 Å². The second-order valence-corrected chi connectivity index (χ2v) is 10.6. The van der Waals surface area contributed by atoms with Crippen molar-refractivity contribution in [1.29, 1.82) is 0 Å². The average molecular weight is 510 g/mol. The van der Waals surface area contributed by atoms with Crippen LogP contribution >= 0.6 is 0 Å². The van der Waals surface area contributed by atoms with Crippen molar-refractivity contribution in [3.05, 3.63) is 67.0 Å². The topological polar surface area (TPSA) is 120 Å². The first kappa shape index (κ1) is 25.6. The van der Waals surface area contributed by atoms with Gasteiger partial charge in [-0.3, -0.25) is 14.6 Å². The fraction of sp³-hybridized carbons (Fsp3) is 0.346. The summed E-state index contributed by atoms with van der Waals surface area (Å²) in [6, 6.07) is 15.1. The van der Waals surface area contributed by atoms with Crippen molar-refractivity contribution < 1.29 is 18.0 Å². The van der Waals surface area contributed by atoms with Crippen molar-refractivity contribution in [2.24, 2.45) is 0 Å². The summed E-state index contributed by atoms with van der Waals surface area (Å²) in [5.74, 6) is -0.699. The van der Waals surface area contributed by atoms with Crippen molar-refractivity contribution in [2.45, 2.75) is 36.6 Å². The predicted molar refractivity (Wildman–Crippen MR) is 139 cm³/mol. The van der Waals surface area contributed by atoms with Gasteiger partial charge in [-0.15, -0.1) is 0 Å². The number of anilines is 1. The normalized spacial score (nSPS) is 14.8. The summed E-state index contributed by atoms with van der Waals surface area (Å²) in [6.07, 6.45) is 6.66. The summed E-state index contributed by atoms with van der Waals surface area (Å²) < 4.78 is 27.9. The lowest BCUT2D eigenvalue weighted by atomic mass is 10.1. The van der Waals surface area contributed by atoms with Gasteiger partial charge in [-0.25, -0.2) is 13.1 Å². The number of hydrogen-bond donors (Lipinski definition) is 3. The minimum atomic E-state index is -3.90. The highest BCUT2D eigenvalue weighted by Gasteiger charge is 2.27. The number of sulfonamides is 1. The van der Waals surface area contributed by atoms with Crippen LogP contribution in [0.1, 0.15) is 25.7 Å². The van der Waals surface area contributed by atoms with Gasteiger partial charge in [0.1, 0.15) is 6.04 Å². The van der Waals surface area contributed by atoms with Crippen molar-refractivity contribution in [3.8, 4) is 0 Å². The monoisotopic (exact) mass is 509 g/mol. The number of rotatable bonds is 10. The number of aromatic nitrogens is 1. The van der Waals surface area contributed by atoms with Gasteiger partial charge in [0.15, 0.2) is 0 Å². The number of nitrogens with zero attached hydrogens (tertiary/aromatic N) is 2. The Kier molecular flexibility index (Phi) is 8.50. The van der Waals surface area contributed by atoms with E-state index in [0.717, 1.165) is 35.7 Å². The highest BCUT2D eigenvalue weighted by Crippen LogP contribution is 2.19. The lowest BCUT2D eigenvalue weighted by molar-refractivity contribution is -0.137. The molecule has 0 unspecified atom stereocenters. The molecule has 1 aromatic heterocycles. The zero-order valence-electron chi connectivity index (χ0n) is 20.0. The van der Waals surface area contributed by atoms with Gasteiger partial charge >= 0.3 is 0 Å². The van der Waals surface area contributed by atoms with E-state index in [1.54, 1.807) is 29.4 Å². The standard InChI is InChI=1S/C26H31N5O4S/c32-25(19-29-36(34,35)23-9-8-20-6-2-3-7-21(20)18-23)30-24(26(33)31-16-4-1-5-17-31)12-15-28-22-10-13-27-14-11-22/h2-3,6-11,13-14,18,24,29H,1,4-5,12,15-17,19H2,(H,27,28)(H,30,32)/t24-/m0/s1. The Morgan fingerprint density at radius 1 is 0.944 bits per heavy atom. The van der Waals surface area contributed by atoms with Crippen LogP contribution in [0.15, 0.2) is 71.9 Å². The maximum atomic E-state index is 13.2. The highest BCUT2D eigenvalue weighted by molar-refractivity contribution is 7.89. The summed E-state index contributed by atoms with van der Waals surface area (Å²) >= 11 is 0. The number of fused-ring (bicyclic) bond motifs is 1. The first-order chi connectivity index (χ1) is 17.4. The molecule has 2 aromatic carbocycles. The Bertz CT molecular complexity index is 1290. The minimum absolute atomic E-state index is 0.0801. The third-order valence-electron chi connectivity index (χ3n) is 6.20. The molecule has 36 heavy (non-hydrogen) atoms. The van der Waals surface area contributed by atoms with Gasteiger partial charge in [0, 0.05) is 37.7 Å². The van der Waals surface area contributed by atoms with Crippen LogP contribution in [0.4, 0.5) is 5.69 Å². The molecule has 190 valence electrons. The summed E-state index contributed by atoms with van der Waals surface area (Å²) in [6.45, 7) is 1.32. The lowest BCUT2D eigenvalue weighted by Crippen LogP contribution is -2.52. The fourth-order valence-corrected chi connectivity index (χ4v) is 5.26. The second-order valence-electron chi connectivity index (χ2n) is 8.79. The van der Waals surface area contributed by atoms with Gasteiger partial charge in [0.25, 0.3) is 0 Å². The number of pyridine rings is 1. The summed E-state index contributed by atoms with van der Waals surface area (Å²) in [4.78, 5) is 31.7. The Morgan fingerprint density at radius 2 is 1.67 bits per heavy atom. The van der Waals surface area contributed by atoms with E-state index < -0.39 is 28.5 Å². The molecule has 0 aliphatic carbocycles. The van der Waals surface area contributed by atoms with Crippen LogP contribution in [0.2, 0.25) is 0 Å². The molecule has 0 bridgehead atoms. The summed E-state index contributed by atoms with van der Waals surface area (Å²) in [5.41, 5.74) is 0.864. The van der Waals surface area contributed by atoms with Crippen LogP contribution in [-0.2, 0) is 19.6 Å². The molecule has 1 atom stereocenters. The van der Waals surface area contributed by atoms with Gasteiger partial charge in [0.05, 0.1) is 11.4 Å². The molecule has 4 rings (SSSR count). The zero-order chi connectivity index (χ0) is 25.4. The van der Waals surface area contributed by atoms with Crippen LogP contribution in [0, 0.1) is 0 Å².